The molecular weight excluding hydrogens is 183 g/mol. The maximum absolute atomic E-state index is 13.2. The average Bonchev–Trinajstić information content (AvgIpc) is 2.56. The molecule has 1 aliphatic rings. The number of aliphatic hydroxyl groups excluding tert-OH is 1. The van der Waals surface area contributed by atoms with Crippen LogP contribution in [0.3, 0.4) is 0 Å². The summed E-state index contributed by atoms with van der Waals surface area (Å²) in [5, 5.41) is 9.49. The van der Waals surface area contributed by atoms with E-state index in [2.05, 4.69) is 0 Å². The molecule has 0 aliphatic heterocycles. The van der Waals surface area contributed by atoms with Crippen LogP contribution in [0.2, 0.25) is 0 Å². The Morgan fingerprint density at radius 2 is 2.07 bits per heavy atom. The summed E-state index contributed by atoms with van der Waals surface area (Å²) in [5.74, 6) is -0.134. The summed E-state index contributed by atoms with van der Waals surface area (Å²) in [7, 11) is 0. The summed E-state index contributed by atoms with van der Waals surface area (Å²) in [5.41, 5.74) is 0. The number of hydrogen-bond acceptors (Lipinski definition) is 2. The van der Waals surface area contributed by atoms with Gasteiger partial charge in [0.1, 0.15) is 6.10 Å². The summed E-state index contributed by atoms with van der Waals surface area (Å²) in [6, 6.07) is 6.28. The lowest BCUT2D eigenvalue weighted by Crippen LogP contribution is -2.25. The predicted molar refractivity (Wildman–Crippen MR) is 50.7 cm³/mol. The van der Waals surface area contributed by atoms with Crippen molar-refractivity contribution in [2.24, 2.45) is 0 Å². The summed E-state index contributed by atoms with van der Waals surface area (Å²) in [6.45, 7) is 0. The van der Waals surface area contributed by atoms with Gasteiger partial charge in [0.25, 0.3) is 0 Å². The molecule has 0 amide bonds. The van der Waals surface area contributed by atoms with Gasteiger partial charge in [-0.1, -0.05) is 12.1 Å². The Labute approximate surface area is 82.3 Å². The van der Waals surface area contributed by atoms with E-state index in [1.807, 2.05) is 0 Å². The first-order chi connectivity index (χ1) is 6.77. The van der Waals surface area contributed by atoms with Crippen molar-refractivity contribution in [3.63, 3.8) is 0 Å². The van der Waals surface area contributed by atoms with Crippen LogP contribution in [0.4, 0.5) is 4.39 Å². The van der Waals surface area contributed by atoms with E-state index in [9.17, 15) is 9.50 Å². The zero-order chi connectivity index (χ0) is 9.97. The van der Waals surface area contributed by atoms with E-state index >= 15 is 0 Å². The van der Waals surface area contributed by atoms with Crippen LogP contribution in [0.5, 0.6) is 5.75 Å². The molecule has 0 aromatic heterocycles. The maximum Gasteiger partial charge on any atom is 0.165 e. The summed E-state index contributed by atoms with van der Waals surface area (Å²) >= 11 is 0. The molecule has 1 N–H and O–H groups in total. The van der Waals surface area contributed by atoms with Gasteiger partial charge < -0.3 is 9.84 Å². The first kappa shape index (κ1) is 9.46. The molecule has 1 saturated carbocycles. The number of benzene rings is 1. The monoisotopic (exact) mass is 196 g/mol. The number of hydrogen-bond donors (Lipinski definition) is 1. The van der Waals surface area contributed by atoms with E-state index in [-0.39, 0.29) is 17.7 Å². The fraction of sp³-hybridized carbons (Fsp3) is 0.455. The van der Waals surface area contributed by atoms with Crippen molar-refractivity contribution in [3.8, 4) is 5.75 Å². The second-order valence-electron chi connectivity index (χ2n) is 3.58. The van der Waals surface area contributed by atoms with Crippen LogP contribution >= 0.6 is 0 Å². The third-order valence-electron chi connectivity index (χ3n) is 2.53. The second kappa shape index (κ2) is 3.96. The van der Waals surface area contributed by atoms with Gasteiger partial charge in [0, 0.05) is 0 Å². The van der Waals surface area contributed by atoms with E-state index in [0.29, 0.717) is 0 Å². The minimum atomic E-state index is -0.449. The number of para-hydroxylation sites is 1. The lowest BCUT2D eigenvalue weighted by atomic mass is 10.2. The molecular formula is C11H13FO2. The molecule has 0 saturated heterocycles. The highest BCUT2D eigenvalue weighted by atomic mass is 19.1. The first-order valence-electron chi connectivity index (χ1n) is 4.86. The van der Waals surface area contributed by atoms with E-state index in [1.54, 1.807) is 18.2 Å². The highest BCUT2D eigenvalue weighted by molar-refractivity contribution is 5.24. The van der Waals surface area contributed by atoms with E-state index in [4.69, 9.17) is 4.74 Å². The number of rotatable bonds is 2. The van der Waals surface area contributed by atoms with E-state index in [0.717, 1.165) is 19.3 Å². The predicted octanol–water partition coefficient (Wildman–Crippen LogP) is 2.12. The third kappa shape index (κ3) is 1.87. The number of ether oxygens (including phenoxy) is 1. The molecule has 0 heterocycles. The SMILES string of the molecule is O[C@@H]1CCC[C@H]1Oc1ccccc1F. The molecule has 76 valence electrons. The molecule has 1 aromatic carbocycles. The normalized spacial score (nSPS) is 26.4. The van der Waals surface area contributed by atoms with Gasteiger partial charge in [0.15, 0.2) is 11.6 Å². The molecule has 0 unspecified atom stereocenters. The molecule has 0 bridgehead atoms. The zero-order valence-corrected chi connectivity index (χ0v) is 7.82. The van der Waals surface area contributed by atoms with Crippen LogP contribution in [-0.2, 0) is 0 Å². The van der Waals surface area contributed by atoms with Crippen LogP contribution in [0.25, 0.3) is 0 Å². The molecule has 2 rings (SSSR count). The van der Waals surface area contributed by atoms with Crippen LogP contribution < -0.4 is 4.74 Å². The molecule has 14 heavy (non-hydrogen) atoms. The van der Waals surface area contributed by atoms with Crippen LogP contribution in [0.1, 0.15) is 19.3 Å². The van der Waals surface area contributed by atoms with E-state index < -0.39 is 6.10 Å². The highest BCUT2D eigenvalue weighted by Gasteiger charge is 2.27. The Bertz CT molecular complexity index is 314. The quantitative estimate of drug-likeness (QED) is 0.785. The molecule has 3 heteroatoms. The summed E-state index contributed by atoms with van der Waals surface area (Å²) in [4.78, 5) is 0. The Morgan fingerprint density at radius 3 is 2.71 bits per heavy atom. The molecule has 2 nitrogen and oxygen atoms in total. The molecule has 0 radical (unpaired) electrons. The van der Waals surface area contributed by atoms with Crippen molar-refractivity contribution in [3.05, 3.63) is 30.1 Å². The largest absolute Gasteiger partial charge is 0.485 e. The topological polar surface area (TPSA) is 29.5 Å². The Balaban J connectivity index is 2.07. The fourth-order valence-electron chi connectivity index (χ4n) is 1.75. The Morgan fingerprint density at radius 1 is 1.29 bits per heavy atom. The fourth-order valence-corrected chi connectivity index (χ4v) is 1.75. The Kier molecular flexibility index (Phi) is 2.68. The van der Waals surface area contributed by atoms with Gasteiger partial charge in [-0.05, 0) is 31.4 Å². The van der Waals surface area contributed by atoms with E-state index in [1.165, 1.54) is 6.07 Å². The summed E-state index contributed by atoms with van der Waals surface area (Å²) in [6.07, 6.45) is 1.80. The minimum absolute atomic E-state index is 0.235. The van der Waals surface area contributed by atoms with Gasteiger partial charge in [-0.25, -0.2) is 4.39 Å². The molecule has 2 atom stereocenters. The standard InChI is InChI=1S/C11H13FO2/c12-8-4-1-2-6-10(8)14-11-7-3-5-9(11)13/h1-2,4,6,9,11,13H,3,5,7H2/t9-,11-/m1/s1. The van der Waals surface area contributed by atoms with Gasteiger partial charge in [-0.15, -0.1) is 0 Å². The van der Waals surface area contributed by atoms with Gasteiger partial charge in [0.05, 0.1) is 6.10 Å². The van der Waals surface area contributed by atoms with Crippen molar-refractivity contribution in [1.82, 2.24) is 0 Å². The maximum atomic E-state index is 13.2. The lowest BCUT2D eigenvalue weighted by Gasteiger charge is -2.17. The van der Waals surface area contributed by atoms with Gasteiger partial charge in [-0.2, -0.15) is 0 Å². The van der Waals surface area contributed by atoms with Gasteiger partial charge in [-0.3, -0.25) is 0 Å². The molecule has 1 aliphatic carbocycles. The van der Waals surface area contributed by atoms with Crippen LogP contribution in [0.15, 0.2) is 24.3 Å². The van der Waals surface area contributed by atoms with Crippen molar-refractivity contribution < 1.29 is 14.2 Å². The minimum Gasteiger partial charge on any atom is -0.485 e. The first-order valence-corrected chi connectivity index (χ1v) is 4.86. The van der Waals surface area contributed by atoms with Gasteiger partial charge in [0.2, 0.25) is 0 Å². The average molecular weight is 196 g/mol. The summed E-state index contributed by atoms with van der Waals surface area (Å²) < 4.78 is 18.6. The smallest absolute Gasteiger partial charge is 0.165 e. The Hall–Kier alpha value is -1.09. The number of halogens is 1. The van der Waals surface area contributed by atoms with Crippen molar-refractivity contribution in [2.75, 3.05) is 0 Å². The van der Waals surface area contributed by atoms with Crippen LogP contribution in [-0.4, -0.2) is 17.3 Å². The van der Waals surface area contributed by atoms with Crippen molar-refractivity contribution >= 4 is 0 Å². The third-order valence-corrected chi connectivity index (χ3v) is 2.53. The molecule has 1 aromatic rings. The molecule has 1 fully saturated rings. The van der Waals surface area contributed by atoms with Gasteiger partial charge >= 0.3 is 0 Å². The lowest BCUT2D eigenvalue weighted by molar-refractivity contribution is 0.0579. The highest BCUT2D eigenvalue weighted by Crippen LogP contribution is 2.25. The second-order valence-corrected chi connectivity index (χ2v) is 3.58. The van der Waals surface area contributed by atoms with Crippen molar-refractivity contribution in [1.29, 1.82) is 0 Å². The molecule has 0 spiro atoms. The number of aliphatic hydroxyl groups is 1. The zero-order valence-electron chi connectivity index (χ0n) is 7.82. The van der Waals surface area contributed by atoms with Crippen LogP contribution in [0, 0.1) is 5.82 Å². The van der Waals surface area contributed by atoms with Crippen molar-refractivity contribution in [2.45, 2.75) is 31.5 Å².